The number of hydrogen-bond acceptors (Lipinski definition) is 8. The summed E-state index contributed by atoms with van der Waals surface area (Å²) < 4.78 is 26.4. The van der Waals surface area contributed by atoms with Crippen LogP contribution in [0.4, 0.5) is 11.8 Å². The molecule has 0 bridgehead atoms. The molecular weight excluding hydrogens is 426 g/mol. The van der Waals surface area contributed by atoms with Crippen molar-refractivity contribution in [3.05, 3.63) is 23.1 Å². The van der Waals surface area contributed by atoms with Gasteiger partial charge in [-0.3, -0.25) is 0 Å². The number of fused-ring (bicyclic) bond motifs is 1. The van der Waals surface area contributed by atoms with Crippen molar-refractivity contribution in [2.75, 3.05) is 30.8 Å². The normalized spacial score (nSPS) is 25.1. The van der Waals surface area contributed by atoms with E-state index in [9.17, 15) is 8.42 Å². The third-order valence-corrected chi connectivity index (χ3v) is 8.43. The van der Waals surface area contributed by atoms with Crippen molar-refractivity contribution in [1.82, 2.24) is 19.6 Å². The van der Waals surface area contributed by atoms with Crippen LogP contribution in [0.25, 0.3) is 0 Å². The van der Waals surface area contributed by atoms with Crippen LogP contribution in [0.2, 0.25) is 5.02 Å². The molecule has 2 heterocycles. The summed E-state index contributed by atoms with van der Waals surface area (Å²) in [7, 11) is -1.55. The zero-order chi connectivity index (χ0) is 22.1. The molecule has 4 N–H and O–H groups in total. The lowest BCUT2D eigenvalue weighted by Crippen LogP contribution is -2.42. The monoisotopic (exact) mass is 455 g/mol. The van der Waals surface area contributed by atoms with E-state index in [1.165, 1.54) is 6.20 Å². The van der Waals surface area contributed by atoms with Crippen LogP contribution in [-0.2, 0) is 10.0 Å². The molecule has 1 aliphatic heterocycles. The average molecular weight is 456 g/mol. The van der Waals surface area contributed by atoms with Crippen LogP contribution in [0.3, 0.4) is 0 Å². The van der Waals surface area contributed by atoms with Gasteiger partial charge >= 0.3 is 0 Å². The van der Waals surface area contributed by atoms with E-state index in [1.54, 1.807) is 38.3 Å². The molecule has 1 saturated carbocycles. The molecule has 9 nitrogen and oxygen atoms in total. The average Bonchev–Trinajstić information content (AvgIpc) is 3.22. The minimum Gasteiger partial charge on any atom is -0.392 e. The molecule has 1 aromatic heterocycles. The third-order valence-electron chi connectivity index (χ3n) is 5.63. The van der Waals surface area contributed by atoms with Gasteiger partial charge in [-0.25, -0.2) is 17.7 Å². The molecule has 0 radical (unpaired) electrons. The van der Waals surface area contributed by atoms with Gasteiger partial charge in [-0.15, -0.1) is 0 Å². The van der Waals surface area contributed by atoms with Crippen LogP contribution in [-0.4, -0.2) is 59.8 Å². The molecular formula is C19H30ClN7O2S. The number of sulfonamides is 1. The quantitative estimate of drug-likeness (QED) is 0.466. The summed E-state index contributed by atoms with van der Waals surface area (Å²) >= 11 is 6.29. The Kier molecular flexibility index (Phi) is 6.59. The lowest BCUT2D eigenvalue weighted by atomic mass is 10.0. The molecule has 2 atom stereocenters. The highest BCUT2D eigenvalue weighted by Gasteiger charge is 2.47. The highest BCUT2D eigenvalue weighted by Crippen LogP contribution is 2.42. The number of aromatic nitrogens is 2. The standard InChI is InChI=1S/C19H30ClN7O2S/c1-19(2,3)30(28,29)27-10-12-5-14(6-13(12)11-27)24-17-16(20)9-23-18(26-17)25-15(7-21)8-22-4/h7-9,12-14,21-22H,5-6,10-11H2,1-4H3,(H2,23,24,25,26)/b15-8+,21-7?. The maximum atomic E-state index is 12.7. The third kappa shape index (κ3) is 4.70. The number of allylic oxidation sites excluding steroid dienone is 1. The molecule has 2 fully saturated rings. The molecule has 11 heteroatoms. The molecule has 3 rings (SSSR count). The number of hydrogen-bond donors (Lipinski definition) is 4. The van der Waals surface area contributed by atoms with Gasteiger partial charge in [-0.05, 0) is 45.4 Å². The molecule has 166 valence electrons. The van der Waals surface area contributed by atoms with Gasteiger partial charge in [0.05, 0.1) is 16.6 Å². The minimum atomic E-state index is -3.29. The highest BCUT2D eigenvalue weighted by molar-refractivity contribution is 7.90. The first-order chi connectivity index (χ1) is 14.0. The molecule has 1 saturated heterocycles. The number of nitrogens with zero attached hydrogens (tertiary/aromatic N) is 3. The van der Waals surface area contributed by atoms with Gasteiger partial charge in [0.15, 0.2) is 5.82 Å². The smallest absolute Gasteiger partial charge is 0.229 e. The van der Waals surface area contributed by atoms with Gasteiger partial charge in [-0.1, -0.05) is 11.6 Å². The first-order valence-electron chi connectivity index (χ1n) is 9.99. The summed E-state index contributed by atoms with van der Waals surface area (Å²) in [6.45, 7) is 6.39. The van der Waals surface area contributed by atoms with E-state index >= 15 is 0 Å². The van der Waals surface area contributed by atoms with Gasteiger partial charge in [-0.2, -0.15) is 4.98 Å². The Balaban J connectivity index is 1.64. The maximum Gasteiger partial charge on any atom is 0.229 e. The summed E-state index contributed by atoms with van der Waals surface area (Å²) in [6.07, 6.45) is 6.06. The Morgan fingerprint density at radius 1 is 1.30 bits per heavy atom. The Labute approximate surface area is 183 Å². The first kappa shape index (κ1) is 22.8. The zero-order valence-electron chi connectivity index (χ0n) is 17.7. The molecule has 2 unspecified atom stereocenters. The summed E-state index contributed by atoms with van der Waals surface area (Å²) in [6, 6.07) is 0.176. The molecule has 0 amide bonds. The first-order valence-corrected chi connectivity index (χ1v) is 11.8. The highest BCUT2D eigenvalue weighted by atomic mass is 35.5. The second-order valence-electron chi connectivity index (χ2n) is 8.82. The number of halogens is 1. The number of rotatable bonds is 7. The largest absolute Gasteiger partial charge is 0.392 e. The number of anilines is 2. The van der Waals surface area contributed by atoms with E-state index in [4.69, 9.17) is 17.0 Å². The van der Waals surface area contributed by atoms with Crippen LogP contribution in [0.15, 0.2) is 18.1 Å². The van der Waals surface area contributed by atoms with Gasteiger partial charge < -0.3 is 21.4 Å². The van der Waals surface area contributed by atoms with E-state index in [2.05, 4.69) is 25.9 Å². The fourth-order valence-electron chi connectivity index (χ4n) is 4.08. The minimum absolute atomic E-state index is 0.176. The summed E-state index contributed by atoms with van der Waals surface area (Å²) in [5, 5.41) is 17.1. The second-order valence-corrected chi connectivity index (χ2v) is 11.9. The second kappa shape index (κ2) is 8.68. The van der Waals surface area contributed by atoms with Crippen molar-refractivity contribution < 1.29 is 8.42 Å². The van der Waals surface area contributed by atoms with Crippen LogP contribution in [0.1, 0.15) is 33.6 Å². The molecule has 30 heavy (non-hydrogen) atoms. The Bertz CT molecular complexity index is 915. The predicted molar refractivity (Wildman–Crippen MR) is 120 cm³/mol. The Morgan fingerprint density at radius 2 is 1.93 bits per heavy atom. The van der Waals surface area contributed by atoms with E-state index < -0.39 is 14.8 Å². The van der Waals surface area contributed by atoms with Gasteiger partial charge in [0, 0.05) is 38.6 Å². The lowest BCUT2D eigenvalue weighted by molar-refractivity contribution is 0.420. The fourth-order valence-corrected chi connectivity index (χ4v) is 5.77. The number of nitrogens with one attached hydrogen (secondary N) is 4. The van der Waals surface area contributed by atoms with Gasteiger partial charge in [0.2, 0.25) is 16.0 Å². The van der Waals surface area contributed by atoms with E-state index in [0.717, 1.165) is 19.1 Å². The zero-order valence-corrected chi connectivity index (χ0v) is 19.3. The van der Waals surface area contributed by atoms with Crippen LogP contribution in [0.5, 0.6) is 0 Å². The van der Waals surface area contributed by atoms with Crippen LogP contribution in [0, 0.1) is 17.2 Å². The Morgan fingerprint density at radius 3 is 2.47 bits per heavy atom. The fraction of sp³-hybridized carbons (Fsp3) is 0.632. The van der Waals surface area contributed by atoms with Crippen LogP contribution >= 0.6 is 11.6 Å². The summed E-state index contributed by atoms with van der Waals surface area (Å²) in [4.78, 5) is 8.60. The molecule has 0 spiro atoms. The van der Waals surface area contributed by atoms with Crippen molar-refractivity contribution in [3.63, 3.8) is 0 Å². The maximum absolute atomic E-state index is 12.7. The van der Waals surface area contributed by atoms with Crippen LogP contribution < -0.4 is 16.0 Å². The van der Waals surface area contributed by atoms with Gasteiger partial charge in [0.25, 0.3) is 0 Å². The van der Waals surface area contributed by atoms with Gasteiger partial charge in [0.1, 0.15) is 5.02 Å². The SMILES string of the molecule is CN/C=C(\C=N)Nc1ncc(Cl)c(NC2CC3CN(S(=O)(=O)C(C)(C)C)CC3C2)n1. The molecule has 0 aromatic carbocycles. The molecule has 2 aliphatic rings. The Hall–Kier alpha value is -1.91. The van der Waals surface area contributed by atoms with Crippen molar-refractivity contribution in [2.45, 2.75) is 44.4 Å². The molecule has 1 aromatic rings. The topological polar surface area (TPSA) is 123 Å². The van der Waals surface area contributed by atoms with E-state index in [1.807, 2.05) is 0 Å². The van der Waals surface area contributed by atoms with Crippen molar-refractivity contribution in [2.24, 2.45) is 11.8 Å². The summed E-state index contributed by atoms with van der Waals surface area (Å²) in [5.74, 6) is 1.54. The predicted octanol–water partition coefficient (Wildman–Crippen LogP) is 2.50. The van der Waals surface area contributed by atoms with Crippen molar-refractivity contribution in [3.8, 4) is 0 Å². The summed E-state index contributed by atoms with van der Waals surface area (Å²) in [5.41, 5.74) is 0.515. The van der Waals surface area contributed by atoms with Crippen molar-refractivity contribution >= 4 is 39.6 Å². The van der Waals surface area contributed by atoms with E-state index in [0.29, 0.717) is 47.4 Å². The van der Waals surface area contributed by atoms with Crippen molar-refractivity contribution in [1.29, 1.82) is 5.41 Å². The van der Waals surface area contributed by atoms with E-state index in [-0.39, 0.29) is 6.04 Å². The molecule has 1 aliphatic carbocycles. The lowest BCUT2D eigenvalue weighted by Gasteiger charge is -2.27.